The molecule has 0 bridgehead atoms. The minimum atomic E-state index is -2.13. The second-order valence-electron chi connectivity index (χ2n) is 4.11. The first-order valence-electron chi connectivity index (χ1n) is 5.56. The maximum absolute atomic E-state index is 12.4. The lowest BCUT2D eigenvalue weighted by molar-refractivity contribution is 0.373. The third kappa shape index (κ3) is 3.74. The zero-order valence-corrected chi connectivity index (χ0v) is 10.9. The van der Waals surface area contributed by atoms with Gasteiger partial charge in [0.15, 0.2) is 34.9 Å². The summed E-state index contributed by atoms with van der Waals surface area (Å²) in [5, 5.41) is 0. The molecule has 0 aliphatic heterocycles. The molecule has 7 heteroatoms. The molecule has 0 spiro atoms. The van der Waals surface area contributed by atoms with Crippen molar-refractivity contribution in [2.45, 2.75) is 13.8 Å². The van der Waals surface area contributed by atoms with Gasteiger partial charge in [0.25, 0.3) is 0 Å². The fourth-order valence-electron chi connectivity index (χ4n) is 1.32. The van der Waals surface area contributed by atoms with Crippen LogP contribution in [0.3, 0.4) is 0 Å². The first-order chi connectivity index (χ1) is 9.66. The molecule has 0 aliphatic rings. The van der Waals surface area contributed by atoms with Gasteiger partial charge in [-0.2, -0.15) is 0 Å². The molecule has 2 aromatic rings. The van der Waals surface area contributed by atoms with Crippen LogP contribution in [0.25, 0.3) is 0 Å². The maximum Gasteiger partial charge on any atom is 0.200 e. The average molecular weight is 310 g/mol. The van der Waals surface area contributed by atoms with Gasteiger partial charge in [-0.1, -0.05) is 6.07 Å². The molecule has 2 rings (SSSR count). The Labute approximate surface area is 115 Å². The normalized spacial score (nSPS) is 10.1. The lowest BCUT2D eigenvalue weighted by Crippen LogP contribution is -2.03. The van der Waals surface area contributed by atoms with Crippen LogP contribution < -0.4 is 0 Å². The number of halogens is 7. The summed E-state index contributed by atoms with van der Waals surface area (Å²) in [6.07, 6.45) is 0. The summed E-state index contributed by atoms with van der Waals surface area (Å²) >= 11 is 0. The van der Waals surface area contributed by atoms with Crippen LogP contribution in [0.1, 0.15) is 11.1 Å². The topological polar surface area (TPSA) is 0 Å². The van der Waals surface area contributed by atoms with Crippen molar-refractivity contribution in [1.29, 1.82) is 0 Å². The van der Waals surface area contributed by atoms with Gasteiger partial charge >= 0.3 is 0 Å². The van der Waals surface area contributed by atoms with E-state index in [0.717, 1.165) is 24.6 Å². The third-order valence-corrected chi connectivity index (χ3v) is 2.50. The van der Waals surface area contributed by atoms with Gasteiger partial charge in [0.2, 0.25) is 5.82 Å². The summed E-state index contributed by atoms with van der Waals surface area (Å²) in [5.41, 5.74) is -0.139. The van der Waals surface area contributed by atoms with Gasteiger partial charge in [-0.25, -0.2) is 30.7 Å². The smallest absolute Gasteiger partial charge is 0.200 e. The quantitative estimate of drug-likeness (QED) is 0.366. The van der Waals surface area contributed by atoms with E-state index in [0.29, 0.717) is 0 Å². The van der Waals surface area contributed by atoms with Gasteiger partial charge in [-0.15, -0.1) is 0 Å². The predicted molar refractivity (Wildman–Crippen MR) is 62.1 cm³/mol. The molecule has 0 N–H and O–H groups in total. The van der Waals surface area contributed by atoms with Crippen molar-refractivity contribution < 1.29 is 30.7 Å². The maximum atomic E-state index is 12.4. The van der Waals surface area contributed by atoms with Crippen LogP contribution in [0.2, 0.25) is 0 Å². The standard InChI is InChI=1S/C7H3F5.C7H6F2/c1-2-3(8)5(10)7(12)6(11)4(2)9;1-5-2-3-6(8)7(9)4-5/h1H3;2-4H,1H3. The van der Waals surface area contributed by atoms with Gasteiger partial charge in [-0.3, -0.25) is 0 Å². The zero-order valence-electron chi connectivity index (χ0n) is 10.9. The first kappa shape index (κ1) is 17.0. The number of benzene rings is 2. The molecular formula is C14H9F7. The highest BCUT2D eigenvalue weighted by atomic mass is 19.2. The minimum Gasteiger partial charge on any atom is -0.204 e. The summed E-state index contributed by atoms with van der Waals surface area (Å²) in [6.45, 7) is 2.53. The van der Waals surface area contributed by atoms with Crippen LogP contribution in [0.4, 0.5) is 30.7 Å². The fraction of sp³-hybridized carbons (Fsp3) is 0.143. The molecule has 0 saturated carbocycles. The molecule has 0 amide bonds. The van der Waals surface area contributed by atoms with Crippen molar-refractivity contribution in [3.05, 3.63) is 70.0 Å². The molecular weight excluding hydrogens is 301 g/mol. The molecule has 0 atom stereocenters. The molecule has 2 aromatic carbocycles. The van der Waals surface area contributed by atoms with E-state index in [1.165, 1.54) is 6.07 Å². The summed E-state index contributed by atoms with van der Waals surface area (Å²) < 4.78 is 85.9. The number of hydrogen-bond acceptors (Lipinski definition) is 0. The SMILES string of the molecule is Cc1c(F)c(F)c(F)c(F)c1F.Cc1ccc(F)c(F)c1. The van der Waals surface area contributed by atoms with E-state index in [2.05, 4.69) is 0 Å². The Balaban J connectivity index is 0.000000219. The van der Waals surface area contributed by atoms with Crippen molar-refractivity contribution in [3.8, 4) is 0 Å². The molecule has 0 fully saturated rings. The Bertz CT molecular complexity index is 560. The minimum absolute atomic E-state index is 0.730. The predicted octanol–water partition coefficient (Wildman–Crippen LogP) is 4.96. The Hall–Kier alpha value is -2.05. The molecule has 21 heavy (non-hydrogen) atoms. The van der Waals surface area contributed by atoms with Crippen LogP contribution in [0.5, 0.6) is 0 Å². The Morgan fingerprint density at radius 3 is 1.38 bits per heavy atom. The summed E-state index contributed by atoms with van der Waals surface area (Å²) in [7, 11) is 0. The Morgan fingerprint density at radius 1 is 0.571 bits per heavy atom. The number of hydrogen-bond donors (Lipinski definition) is 0. The van der Waals surface area contributed by atoms with E-state index in [1.54, 1.807) is 6.92 Å². The largest absolute Gasteiger partial charge is 0.204 e. The molecule has 0 nitrogen and oxygen atoms in total. The molecule has 0 heterocycles. The van der Waals surface area contributed by atoms with Crippen molar-refractivity contribution in [2.75, 3.05) is 0 Å². The van der Waals surface area contributed by atoms with Crippen LogP contribution in [0.15, 0.2) is 18.2 Å². The van der Waals surface area contributed by atoms with E-state index in [1.807, 2.05) is 0 Å². The lowest BCUT2D eigenvalue weighted by Gasteiger charge is -2.02. The highest BCUT2D eigenvalue weighted by Gasteiger charge is 2.22. The second kappa shape index (κ2) is 6.60. The van der Waals surface area contributed by atoms with E-state index >= 15 is 0 Å². The molecule has 0 aliphatic carbocycles. The Morgan fingerprint density at radius 2 is 1.00 bits per heavy atom. The van der Waals surface area contributed by atoms with Crippen LogP contribution in [0, 0.1) is 54.6 Å². The van der Waals surface area contributed by atoms with Gasteiger partial charge in [-0.05, 0) is 31.5 Å². The van der Waals surface area contributed by atoms with Crippen molar-refractivity contribution >= 4 is 0 Å². The van der Waals surface area contributed by atoms with Gasteiger partial charge in [0.1, 0.15) is 0 Å². The molecule has 0 unspecified atom stereocenters. The van der Waals surface area contributed by atoms with E-state index in [4.69, 9.17) is 0 Å². The summed E-state index contributed by atoms with van der Waals surface area (Å²) in [5.74, 6) is -11.1. The molecule has 0 saturated heterocycles. The van der Waals surface area contributed by atoms with E-state index < -0.39 is 46.3 Å². The molecule has 114 valence electrons. The third-order valence-electron chi connectivity index (χ3n) is 2.50. The van der Waals surface area contributed by atoms with Gasteiger partial charge < -0.3 is 0 Å². The fourth-order valence-corrected chi connectivity index (χ4v) is 1.32. The highest BCUT2D eigenvalue weighted by Crippen LogP contribution is 2.21. The van der Waals surface area contributed by atoms with E-state index in [-0.39, 0.29) is 0 Å². The van der Waals surface area contributed by atoms with Crippen LogP contribution in [-0.4, -0.2) is 0 Å². The number of rotatable bonds is 0. The average Bonchev–Trinajstić information content (AvgIpc) is 2.46. The summed E-state index contributed by atoms with van der Waals surface area (Å²) in [6, 6.07) is 3.80. The second-order valence-corrected chi connectivity index (χ2v) is 4.11. The van der Waals surface area contributed by atoms with Gasteiger partial charge in [0, 0.05) is 5.56 Å². The molecule has 0 aromatic heterocycles. The Kier molecular flexibility index (Phi) is 5.34. The lowest BCUT2D eigenvalue weighted by atomic mass is 10.2. The van der Waals surface area contributed by atoms with E-state index in [9.17, 15) is 30.7 Å². The van der Waals surface area contributed by atoms with Crippen molar-refractivity contribution in [2.24, 2.45) is 0 Å². The van der Waals surface area contributed by atoms with Crippen molar-refractivity contribution in [1.82, 2.24) is 0 Å². The zero-order chi connectivity index (χ0) is 16.3. The van der Waals surface area contributed by atoms with Crippen LogP contribution >= 0.6 is 0 Å². The highest BCUT2D eigenvalue weighted by molar-refractivity contribution is 5.22. The number of aryl methyl sites for hydroxylation is 1. The molecule has 0 radical (unpaired) electrons. The first-order valence-corrected chi connectivity index (χ1v) is 5.56. The van der Waals surface area contributed by atoms with Crippen LogP contribution in [-0.2, 0) is 0 Å². The summed E-state index contributed by atoms with van der Waals surface area (Å²) in [4.78, 5) is 0. The monoisotopic (exact) mass is 310 g/mol. The van der Waals surface area contributed by atoms with Crippen molar-refractivity contribution in [3.63, 3.8) is 0 Å². The van der Waals surface area contributed by atoms with Gasteiger partial charge in [0.05, 0.1) is 0 Å².